The van der Waals surface area contributed by atoms with Crippen LogP contribution in [0.3, 0.4) is 0 Å². The molecule has 25 heavy (non-hydrogen) atoms. The summed E-state index contributed by atoms with van der Waals surface area (Å²) in [4.78, 5) is 4.40. The number of aliphatic imine (C=N–C) groups is 1. The molecule has 126 valence electrons. The molecule has 0 fully saturated rings. The molecule has 0 aliphatic heterocycles. The second kappa shape index (κ2) is 7.51. The molecule has 0 aliphatic carbocycles. The number of hydrogen-bond donors (Lipinski definition) is 0. The van der Waals surface area contributed by atoms with Gasteiger partial charge in [-0.1, -0.05) is 48.0 Å². The first-order valence-corrected chi connectivity index (χ1v) is 9.21. The maximum absolute atomic E-state index is 12.2. The molecule has 0 saturated carbocycles. The molecule has 0 radical (unpaired) electrons. The van der Waals surface area contributed by atoms with E-state index in [-0.39, 0.29) is 15.7 Å². The quantitative estimate of drug-likeness (QED) is 0.475. The Morgan fingerprint density at radius 2 is 1.52 bits per heavy atom. The molecule has 0 saturated heterocycles. The van der Waals surface area contributed by atoms with Gasteiger partial charge in [-0.25, -0.2) is 0 Å². The van der Waals surface area contributed by atoms with Gasteiger partial charge in [-0.15, -0.1) is 0 Å². The molecule has 0 amide bonds. The molecule has 0 heterocycles. The van der Waals surface area contributed by atoms with E-state index < -0.39 is 10.1 Å². The lowest BCUT2D eigenvalue weighted by Crippen LogP contribution is -2.09. The fraction of sp³-hybridized carbons (Fsp3) is 0. The zero-order valence-electron chi connectivity index (χ0n) is 13.0. The van der Waals surface area contributed by atoms with Crippen molar-refractivity contribution in [2.45, 2.75) is 4.90 Å². The highest BCUT2D eigenvalue weighted by Gasteiger charge is 2.17. The van der Waals surface area contributed by atoms with E-state index in [1.54, 1.807) is 36.5 Å². The minimum absolute atomic E-state index is 0.0702. The van der Waals surface area contributed by atoms with Crippen LogP contribution in [0.2, 0.25) is 5.02 Å². The van der Waals surface area contributed by atoms with E-state index >= 15 is 0 Å². The summed E-state index contributed by atoms with van der Waals surface area (Å²) in [6, 6.07) is 22.2. The van der Waals surface area contributed by atoms with Gasteiger partial charge in [0.2, 0.25) is 0 Å². The average Bonchev–Trinajstić information content (AvgIpc) is 2.63. The van der Waals surface area contributed by atoms with Crippen molar-refractivity contribution in [3.8, 4) is 5.75 Å². The smallest absolute Gasteiger partial charge is 0.339 e. The van der Waals surface area contributed by atoms with E-state index in [0.29, 0.717) is 0 Å². The van der Waals surface area contributed by atoms with Crippen molar-refractivity contribution in [3.63, 3.8) is 0 Å². The predicted molar refractivity (Wildman–Crippen MR) is 99.4 cm³/mol. The number of hydrogen-bond acceptors (Lipinski definition) is 4. The summed E-state index contributed by atoms with van der Waals surface area (Å²) in [5.74, 6) is 0.0716. The Labute approximate surface area is 151 Å². The fourth-order valence-electron chi connectivity index (χ4n) is 2.08. The highest BCUT2D eigenvalue weighted by molar-refractivity contribution is 7.87. The molecule has 3 aromatic rings. The molecule has 0 aliphatic rings. The van der Waals surface area contributed by atoms with Crippen LogP contribution in [0.1, 0.15) is 5.56 Å². The Bertz CT molecular complexity index is 988. The van der Waals surface area contributed by atoms with Crippen molar-refractivity contribution in [3.05, 3.63) is 89.4 Å². The van der Waals surface area contributed by atoms with Crippen LogP contribution >= 0.6 is 11.6 Å². The summed E-state index contributed by atoms with van der Waals surface area (Å²) in [5.41, 5.74) is 1.55. The first-order chi connectivity index (χ1) is 12.0. The van der Waals surface area contributed by atoms with Gasteiger partial charge in [0, 0.05) is 6.21 Å². The van der Waals surface area contributed by atoms with E-state index in [9.17, 15) is 8.42 Å². The van der Waals surface area contributed by atoms with E-state index in [1.807, 2.05) is 30.3 Å². The van der Waals surface area contributed by atoms with Gasteiger partial charge in [-0.3, -0.25) is 4.99 Å². The maximum Gasteiger partial charge on any atom is 0.339 e. The Hall–Kier alpha value is -2.63. The van der Waals surface area contributed by atoms with Gasteiger partial charge in [0.1, 0.15) is 4.90 Å². The zero-order chi connectivity index (χ0) is 17.7. The van der Waals surface area contributed by atoms with Gasteiger partial charge in [-0.2, -0.15) is 8.42 Å². The van der Waals surface area contributed by atoms with E-state index in [1.165, 1.54) is 18.2 Å². The van der Waals surface area contributed by atoms with Crippen LogP contribution in [0, 0.1) is 0 Å². The molecular weight excluding hydrogens is 358 g/mol. The van der Waals surface area contributed by atoms with Crippen LogP contribution in [-0.4, -0.2) is 14.6 Å². The van der Waals surface area contributed by atoms with E-state index in [0.717, 1.165) is 11.3 Å². The lowest BCUT2D eigenvalue weighted by molar-refractivity contribution is 0.486. The number of nitrogens with zero attached hydrogens (tertiary/aromatic N) is 1. The normalized spacial score (nSPS) is 11.6. The SMILES string of the molecule is O=S(=O)(Oc1ccc(C=Nc2ccccc2)cc1Cl)c1ccccc1. The summed E-state index contributed by atoms with van der Waals surface area (Å²) in [6.45, 7) is 0. The zero-order valence-corrected chi connectivity index (χ0v) is 14.6. The topological polar surface area (TPSA) is 55.7 Å². The van der Waals surface area contributed by atoms with E-state index in [4.69, 9.17) is 15.8 Å². The second-order valence-electron chi connectivity index (χ2n) is 5.13. The average molecular weight is 372 g/mol. The molecule has 0 spiro atoms. The van der Waals surface area contributed by atoms with Crippen molar-refractivity contribution in [2.75, 3.05) is 0 Å². The van der Waals surface area contributed by atoms with Crippen molar-refractivity contribution in [1.29, 1.82) is 0 Å². The molecular formula is C19H14ClNO3S. The van der Waals surface area contributed by atoms with E-state index in [2.05, 4.69) is 4.99 Å². The largest absolute Gasteiger partial charge is 0.377 e. The molecule has 0 unspecified atom stereocenters. The van der Waals surface area contributed by atoms with Gasteiger partial charge >= 0.3 is 10.1 Å². The monoisotopic (exact) mass is 371 g/mol. The molecule has 3 aromatic carbocycles. The fourth-order valence-corrected chi connectivity index (χ4v) is 3.32. The second-order valence-corrected chi connectivity index (χ2v) is 7.09. The molecule has 0 aromatic heterocycles. The highest BCUT2D eigenvalue weighted by atomic mass is 35.5. The minimum Gasteiger partial charge on any atom is -0.377 e. The van der Waals surface area contributed by atoms with Crippen LogP contribution < -0.4 is 4.18 Å². The molecule has 4 nitrogen and oxygen atoms in total. The molecule has 0 bridgehead atoms. The van der Waals surface area contributed by atoms with Crippen LogP contribution in [0.4, 0.5) is 5.69 Å². The number of benzene rings is 3. The van der Waals surface area contributed by atoms with Crippen molar-refractivity contribution >= 4 is 33.6 Å². The van der Waals surface area contributed by atoms with Crippen LogP contribution in [-0.2, 0) is 10.1 Å². The van der Waals surface area contributed by atoms with Gasteiger partial charge in [0.15, 0.2) is 5.75 Å². The summed E-state index contributed by atoms with van der Waals surface area (Å²) in [6.07, 6.45) is 1.65. The summed E-state index contributed by atoms with van der Waals surface area (Å²) >= 11 is 6.15. The Kier molecular flexibility index (Phi) is 5.16. The van der Waals surface area contributed by atoms with Gasteiger partial charge in [0.05, 0.1) is 10.7 Å². The summed E-state index contributed by atoms with van der Waals surface area (Å²) in [7, 11) is -3.92. The van der Waals surface area contributed by atoms with Crippen molar-refractivity contribution < 1.29 is 12.6 Å². The summed E-state index contributed by atoms with van der Waals surface area (Å²) in [5, 5.41) is 0.191. The van der Waals surface area contributed by atoms with Gasteiger partial charge < -0.3 is 4.18 Å². The third-order valence-electron chi connectivity index (χ3n) is 3.31. The van der Waals surface area contributed by atoms with Gasteiger partial charge in [0.25, 0.3) is 0 Å². The lowest BCUT2D eigenvalue weighted by atomic mass is 10.2. The Morgan fingerprint density at radius 1 is 0.880 bits per heavy atom. The predicted octanol–water partition coefficient (Wildman–Crippen LogP) is 4.86. The van der Waals surface area contributed by atoms with Crippen molar-refractivity contribution in [2.24, 2.45) is 4.99 Å². The first-order valence-electron chi connectivity index (χ1n) is 7.43. The third kappa shape index (κ3) is 4.47. The van der Waals surface area contributed by atoms with Crippen LogP contribution in [0.5, 0.6) is 5.75 Å². The summed E-state index contributed by atoms with van der Waals surface area (Å²) < 4.78 is 29.6. The molecule has 6 heteroatoms. The Morgan fingerprint density at radius 3 is 2.16 bits per heavy atom. The first kappa shape index (κ1) is 17.2. The van der Waals surface area contributed by atoms with Gasteiger partial charge in [-0.05, 0) is 48.0 Å². The highest BCUT2D eigenvalue weighted by Crippen LogP contribution is 2.28. The third-order valence-corrected chi connectivity index (χ3v) is 4.85. The van der Waals surface area contributed by atoms with Crippen molar-refractivity contribution in [1.82, 2.24) is 0 Å². The standard InChI is InChI=1S/C19H14ClNO3S/c20-18-13-15(14-21-16-7-3-1-4-8-16)11-12-19(18)24-25(22,23)17-9-5-2-6-10-17/h1-14H. The lowest BCUT2D eigenvalue weighted by Gasteiger charge is -2.08. The maximum atomic E-state index is 12.2. The van der Waals surface area contributed by atoms with Crippen LogP contribution in [0.25, 0.3) is 0 Å². The Balaban J connectivity index is 1.80. The molecule has 0 atom stereocenters. The van der Waals surface area contributed by atoms with Crippen LogP contribution in [0.15, 0.2) is 88.8 Å². The molecule has 0 N–H and O–H groups in total. The number of para-hydroxylation sites is 1. The molecule has 3 rings (SSSR count). The minimum atomic E-state index is -3.92. The number of halogens is 1. The number of rotatable bonds is 5.